The van der Waals surface area contributed by atoms with Crippen molar-refractivity contribution in [3.05, 3.63) is 11.1 Å². The maximum atomic E-state index is 5.23. The summed E-state index contributed by atoms with van der Waals surface area (Å²) >= 11 is 1.54. The molecule has 1 aromatic rings. The first-order valence-corrected chi connectivity index (χ1v) is 4.83. The normalized spacial score (nSPS) is 10.2. The van der Waals surface area contributed by atoms with Gasteiger partial charge in [0.2, 0.25) is 0 Å². The van der Waals surface area contributed by atoms with Gasteiger partial charge in [0.1, 0.15) is 0 Å². The quantitative estimate of drug-likeness (QED) is 0.707. The van der Waals surface area contributed by atoms with Crippen LogP contribution in [0.4, 0.5) is 0 Å². The second kappa shape index (κ2) is 5.11. The van der Waals surface area contributed by atoms with Gasteiger partial charge in [-0.25, -0.2) is 4.98 Å². The van der Waals surface area contributed by atoms with Crippen molar-refractivity contribution in [2.24, 2.45) is 0 Å². The molecule has 0 unspecified atom stereocenters. The van der Waals surface area contributed by atoms with E-state index in [9.17, 15) is 0 Å². The summed E-state index contributed by atoms with van der Waals surface area (Å²) in [5.74, 6) is 0. The first-order chi connectivity index (χ1) is 5.86. The molecule has 0 fully saturated rings. The minimum absolute atomic E-state index is 0.640. The molecule has 0 N–H and O–H groups in total. The van der Waals surface area contributed by atoms with Crippen LogP contribution in [0, 0.1) is 0 Å². The number of rotatable bonds is 5. The smallest absolute Gasteiger partial charge is 0.273 e. The van der Waals surface area contributed by atoms with E-state index in [1.54, 1.807) is 6.20 Å². The fraction of sp³-hybridized carbons (Fsp3) is 0.625. The van der Waals surface area contributed by atoms with E-state index in [2.05, 4.69) is 4.98 Å². The van der Waals surface area contributed by atoms with Crippen LogP contribution in [0.5, 0.6) is 5.19 Å². The summed E-state index contributed by atoms with van der Waals surface area (Å²) in [6.07, 6.45) is 1.80. The van der Waals surface area contributed by atoms with E-state index in [1.807, 2.05) is 13.8 Å². The second-order valence-electron chi connectivity index (χ2n) is 2.16. The van der Waals surface area contributed by atoms with Crippen molar-refractivity contribution in [3.63, 3.8) is 0 Å². The third kappa shape index (κ3) is 2.79. The Kier molecular flexibility index (Phi) is 4.04. The van der Waals surface area contributed by atoms with Gasteiger partial charge in [0.05, 0.1) is 18.1 Å². The number of ether oxygens (including phenoxy) is 2. The van der Waals surface area contributed by atoms with Crippen molar-refractivity contribution >= 4 is 11.3 Å². The Bertz CT molecular complexity index is 225. The minimum atomic E-state index is 0.640. The van der Waals surface area contributed by atoms with Crippen molar-refractivity contribution in [1.82, 2.24) is 4.98 Å². The Morgan fingerprint density at radius 1 is 1.42 bits per heavy atom. The highest BCUT2D eigenvalue weighted by molar-refractivity contribution is 7.13. The summed E-state index contributed by atoms with van der Waals surface area (Å²) in [5, 5.41) is 0.729. The van der Waals surface area contributed by atoms with E-state index in [-0.39, 0.29) is 0 Å². The lowest BCUT2D eigenvalue weighted by Gasteiger charge is -1.95. The van der Waals surface area contributed by atoms with Gasteiger partial charge in [0, 0.05) is 12.8 Å². The molecule has 0 amide bonds. The van der Waals surface area contributed by atoms with Crippen LogP contribution in [-0.4, -0.2) is 18.2 Å². The zero-order valence-electron chi connectivity index (χ0n) is 7.37. The van der Waals surface area contributed by atoms with E-state index >= 15 is 0 Å². The largest absolute Gasteiger partial charge is 0.470 e. The monoisotopic (exact) mass is 187 g/mol. The fourth-order valence-corrected chi connectivity index (χ4v) is 1.50. The van der Waals surface area contributed by atoms with E-state index < -0.39 is 0 Å². The van der Waals surface area contributed by atoms with Crippen LogP contribution in [0.15, 0.2) is 6.20 Å². The molecule has 0 saturated heterocycles. The number of thiazole rings is 1. The van der Waals surface area contributed by atoms with Crippen molar-refractivity contribution in [2.45, 2.75) is 20.5 Å². The van der Waals surface area contributed by atoms with Gasteiger partial charge in [-0.1, -0.05) is 11.3 Å². The number of hydrogen-bond acceptors (Lipinski definition) is 4. The van der Waals surface area contributed by atoms with E-state index in [1.165, 1.54) is 11.3 Å². The first-order valence-electron chi connectivity index (χ1n) is 4.02. The molecule has 0 bridgehead atoms. The maximum absolute atomic E-state index is 5.23. The molecule has 0 spiro atoms. The zero-order chi connectivity index (χ0) is 8.81. The Hall–Kier alpha value is -0.610. The summed E-state index contributed by atoms with van der Waals surface area (Å²) in [6, 6.07) is 0. The molecule has 1 rings (SSSR count). The van der Waals surface area contributed by atoms with Crippen LogP contribution >= 0.6 is 11.3 Å². The molecule has 0 aliphatic heterocycles. The molecule has 0 saturated carbocycles. The van der Waals surface area contributed by atoms with Gasteiger partial charge in [0.25, 0.3) is 5.19 Å². The molecule has 68 valence electrons. The SMILES string of the molecule is CCOCc1cnc(OCC)s1. The lowest BCUT2D eigenvalue weighted by atomic mass is 10.6. The second-order valence-corrected chi connectivity index (χ2v) is 3.24. The average molecular weight is 187 g/mol. The topological polar surface area (TPSA) is 31.4 Å². The highest BCUT2D eigenvalue weighted by Gasteiger charge is 2.00. The summed E-state index contributed by atoms with van der Waals surface area (Å²) in [4.78, 5) is 5.19. The van der Waals surface area contributed by atoms with Crippen molar-refractivity contribution < 1.29 is 9.47 Å². The van der Waals surface area contributed by atoms with E-state index in [0.29, 0.717) is 13.2 Å². The highest BCUT2D eigenvalue weighted by atomic mass is 32.1. The predicted molar refractivity (Wildman–Crippen MR) is 48.6 cm³/mol. The highest BCUT2D eigenvalue weighted by Crippen LogP contribution is 2.20. The fourth-order valence-electron chi connectivity index (χ4n) is 0.749. The average Bonchev–Trinajstić information content (AvgIpc) is 2.50. The third-order valence-corrected chi connectivity index (χ3v) is 2.13. The number of aromatic nitrogens is 1. The van der Waals surface area contributed by atoms with Gasteiger partial charge in [0.15, 0.2) is 0 Å². The predicted octanol–water partition coefficient (Wildman–Crippen LogP) is 2.08. The van der Waals surface area contributed by atoms with Crippen LogP contribution in [0.1, 0.15) is 18.7 Å². The van der Waals surface area contributed by atoms with Crippen LogP contribution in [0.25, 0.3) is 0 Å². The summed E-state index contributed by atoms with van der Waals surface area (Å²) in [5.41, 5.74) is 0. The van der Waals surface area contributed by atoms with Crippen molar-refractivity contribution in [3.8, 4) is 5.19 Å². The molecule has 0 aromatic carbocycles. The molecule has 1 heterocycles. The zero-order valence-corrected chi connectivity index (χ0v) is 8.19. The Morgan fingerprint density at radius 3 is 2.92 bits per heavy atom. The lowest BCUT2D eigenvalue weighted by molar-refractivity contribution is 0.136. The standard InChI is InChI=1S/C8H13NO2S/c1-3-10-6-7-5-9-8(12-7)11-4-2/h5H,3-4,6H2,1-2H3. The molecule has 4 heteroatoms. The van der Waals surface area contributed by atoms with Gasteiger partial charge in [-0.2, -0.15) is 0 Å². The molecule has 0 radical (unpaired) electrons. The minimum Gasteiger partial charge on any atom is -0.470 e. The molecule has 12 heavy (non-hydrogen) atoms. The van der Waals surface area contributed by atoms with Crippen LogP contribution in [0.3, 0.4) is 0 Å². The van der Waals surface area contributed by atoms with Gasteiger partial charge >= 0.3 is 0 Å². The van der Waals surface area contributed by atoms with Crippen LogP contribution < -0.4 is 4.74 Å². The summed E-state index contributed by atoms with van der Waals surface area (Å²) < 4.78 is 10.4. The van der Waals surface area contributed by atoms with Gasteiger partial charge < -0.3 is 9.47 Å². The molecule has 1 aromatic heterocycles. The van der Waals surface area contributed by atoms with Gasteiger partial charge in [-0.3, -0.25) is 0 Å². The molecular weight excluding hydrogens is 174 g/mol. The number of nitrogens with zero attached hydrogens (tertiary/aromatic N) is 1. The van der Waals surface area contributed by atoms with Crippen LogP contribution in [-0.2, 0) is 11.3 Å². The Morgan fingerprint density at radius 2 is 2.25 bits per heavy atom. The Labute approximate surface area is 76.3 Å². The molecular formula is C8H13NO2S. The lowest BCUT2D eigenvalue weighted by Crippen LogP contribution is -1.88. The van der Waals surface area contributed by atoms with Gasteiger partial charge in [-0.05, 0) is 13.8 Å². The van der Waals surface area contributed by atoms with E-state index in [4.69, 9.17) is 9.47 Å². The molecule has 0 aliphatic rings. The van der Waals surface area contributed by atoms with Crippen LogP contribution in [0.2, 0.25) is 0 Å². The summed E-state index contributed by atoms with van der Waals surface area (Å²) in [6.45, 7) is 5.97. The maximum Gasteiger partial charge on any atom is 0.273 e. The number of hydrogen-bond donors (Lipinski definition) is 0. The van der Waals surface area contributed by atoms with E-state index in [0.717, 1.165) is 16.7 Å². The Balaban J connectivity index is 2.41. The van der Waals surface area contributed by atoms with Gasteiger partial charge in [-0.15, -0.1) is 0 Å². The third-order valence-electron chi connectivity index (χ3n) is 1.25. The van der Waals surface area contributed by atoms with Crippen molar-refractivity contribution in [1.29, 1.82) is 0 Å². The summed E-state index contributed by atoms with van der Waals surface area (Å²) in [7, 11) is 0. The first kappa shape index (κ1) is 9.48. The molecule has 3 nitrogen and oxygen atoms in total. The molecule has 0 atom stereocenters. The molecule has 0 aliphatic carbocycles. The van der Waals surface area contributed by atoms with Crippen molar-refractivity contribution in [2.75, 3.05) is 13.2 Å².